The molecule has 1 aromatic rings. The Labute approximate surface area is 96.4 Å². The fourth-order valence-electron chi connectivity index (χ4n) is 2.58. The van der Waals surface area contributed by atoms with Crippen LogP contribution in [0.1, 0.15) is 23.6 Å². The van der Waals surface area contributed by atoms with Crippen LogP contribution in [-0.4, -0.2) is 32.1 Å². The van der Waals surface area contributed by atoms with E-state index >= 15 is 0 Å². The largest absolute Gasteiger partial charge is 0.491 e. The predicted octanol–water partition coefficient (Wildman–Crippen LogP) is 2.04. The minimum atomic E-state index is 0.407. The number of anilines is 1. The standard InChI is InChI=1S/C13H18N2O/c1-15(2)12-8-16-13-6-9-4-3-5-14-11(9)7-10(12)13/h6-7,12,14H,3-5,8H2,1-2H3. The highest BCUT2D eigenvalue weighted by Crippen LogP contribution is 2.39. The Kier molecular flexibility index (Phi) is 2.28. The van der Waals surface area contributed by atoms with Crippen molar-refractivity contribution in [1.29, 1.82) is 0 Å². The van der Waals surface area contributed by atoms with Crippen LogP contribution in [0.4, 0.5) is 5.69 Å². The highest BCUT2D eigenvalue weighted by molar-refractivity contribution is 5.60. The van der Waals surface area contributed by atoms with Crippen LogP contribution in [0.2, 0.25) is 0 Å². The van der Waals surface area contributed by atoms with Gasteiger partial charge in [-0.05, 0) is 44.6 Å². The van der Waals surface area contributed by atoms with Gasteiger partial charge < -0.3 is 10.1 Å². The number of likely N-dealkylation sites (N-methyl/N-ethyl adjacent to an activating group) is 1. The molecule has 86 valence electrons. The SMILES string of the molecule is CN(C)C1COc2cc3c(cc21)NCCC3. The van der Waals surface area contributed by atoms with Gasteiger partial charge >= 0.3 is 0 Å². The summed E-state index contributed by atoms with van der Waals surface area (Å²) >= 11 is 0. The van der Waals surface area contributed by atoms with Gasteiger partial charge in [0.05, 0.1) is 6.04 Å². The summed E-state index contributed by atoms with van der Waals surface area (Å²) in [4.78, 5) is 2.22. The maximum Gasteiger partial charge on any atom is 0.124 e. The summed E-state index contributed by atoms with van der Waals surface area (Å²) in [7, 11) is 4.21. The average molecular weight is 218 g/mol. The third kappa shape index (κ3) is 1.47. The van der Waals surface area contributed by atoms with Crippen molar-refractivity contribution in [1.82, 2.24) is 4.90 Å². The number of benzene rings is 1. The molecule has 16 heavy (non-hydrogen) atoms. The normalized spacial score (nSPS) is 22.3. The van der Waals surface area contributed by atoms with E-state index in [2.05, 4.69) is 36.4 Å². The summed E-state index contributed by atoms with van der Waals surface area (Å²) in [5.41, 5.74) is 4.05. The third-order valence-corrected chi connectivity index (χ3v) is 3.55. The first kappa shape index (κ1) is 9.97. The summed E-state index contributed by atoms with van der Waals surface area (Å²) in [5.74, 6) is 1.08. The number of rotatable bonds is 1. The van der Waals surface area contributed by atoms with E-state index in [0.717, 1.165) is 18.9 Å². The van der Waals surface area contributed by atoms with Crippen molar-refractivity contribution in [3.8, 4) is 5.75 Å². The minimum Gasteiger partial charge on any atom is -0.491 e. The van der Waals surface area contributed by atoms with Crippen LogP contribution >= 0.6 is 0 Å². The molecule has 1 N–H and O–H groups in total. The number of hydrogen-bond donors (Lipinski definition) is 1. The topological polar surface area (TPSA) is 24.5 Å². The molecule has 2 aliphatic heterocycles. The Morgan fingerprint density at radius 3 is 3.06 bits per heavy atom. The molecule has 0 bridgehead atoms. The smallest absolute Gasteiger partial charge is 0.124 e. The van der Waals surface area contributed by atoms with Gasteiger partial charge in [0.2, 0.25) is 0 Å². The maximum absolute atomic E-state index is 5.77. The first-order valence-corrected chi connectivity index (χ1v) is 5.95. The Balaban J connectivity index is 2.03. The van der Waals surface area contributed by atoms with Gasteiger partial charge in [0.1, 0.15) is 12.4 Å². The van der Waals surface area contributed by atoms with Gasteiger partial charge in [-0.3, -0.25) is 4.90 Å². The molecule has 3 rings (SSSR count). The van der Waals surface area contributed by atoms with Gasteiger partial charge in [-0.15, -0.1) is 0 Å². The van der Waals surface area contributed by atoms with Crippen LogP contribution < -0.4 is 10.1 Å². The van der Waals surface area contributed by atoms with Crippen molar-refractivity contribution in [3.05, 3.63) is 23.3 Å². The molecule has 0 amide bonds. The van der Waals surface area contributed by atoms with E-state index in [9.17, 15) is 0 Å². The number of aryl methyl sites for hydroxylation is 1. The summed E-state index contributed by atoms with van der Waals surface area (Å²) in [5, 5.41) is 3.48. The van der Waals surface area contributed by atoms with Crippen molar-refractivity contribution in [2.75, 3.05) is 32.6 Å². The number of nitrogens with one attached hydrogen (secondary N) is 1. The zero-order valence-corrected chi connectivity index (χ0v) is 9.92. The monoisotopic (exact) mass is 218 g/mol. The van der Waals surface area contributed by atoms with E-state index in [1.807, 2.05) is 0 Å². The molecule has 2 heterocycles. The Morgan fingerprint density at radius 2 is 2.25 bits per heavy atom. The predicted molar refractivity (Wildman–Crippen MR) is 65.2 cm³/mol. The van der Waals surface area contributed by atoms with Crippen LogP contribution in [0.3, 0.4) is 0 Å². The van der Waals surface area contributed by atoms with E-state index < -0.39 is 0 Å². The van der Waals surface area contributed by atoms with E-state index in [1.165, 1.54) is 29.7 Å². The van der Waals surface area contributed by atoms with Gasteiger partial charge in [0, 0.05) is 17.8 Å². The second-order valence-electron chi connectivity index (χ2n) is 4.87. The average Bonchev–Trinajstić information content (AvgIpc) is 2.68. The molecule has 0 aliphatic carbocycles. The van der Waals surface area contributed by atoms with Gasteiger partial charge in [-0.25, -0.2) is 0 Å². The first-order chi connectivity index (χ1) is 7.75. The number of ether oxygens (including phenoxy) is 1. The molecule has 0 radical (unpaired) electrons. The van der Waals surface area contributed by atoms with Crippen molar-refractivity contribution in [2.24, 2.45) is 0 Å². The second-order valence-corrected chi connectivity index (χ2v) is 4.87. The van der Waals surface area contributed by atoms with E-state index in [0.29, 0.717) is 6.04 Å². The van der Waals surface area contributed by atoms with Gasteiger partial charge in [0.15, 0.2) is 0 Å². The molecule has 1 aromatic carbocycles. The lowest BCUT2D eigenvalue weighted by atomic mass is 9.98. The number of hydrogen-bond acceptors (Lipinski definition) is 3. The van der Waals surface area contributed by atoms with Gasteiger partial charge in [-0.2, -0.15) is 0 Å². The Bertz CT molecular complexity index is 415. The lowest BCUT2D eigenvalue weighted by molar-refractivity contribution is 0.227. The molecule has 0 saturated carbocycles. The fourth-order valence-corrected chi connectivity index (χ4v) is 2.58. The van der Waals surface area contributed by atoms with E-state index in [4.69, 9.17) is 4.74 Å². The lowest BCUT2D eigenvalue weighted by Gasteiger charge is -2.21. The summed E-state index contributed by atoms with van der Waals surface area (Å²) in [6, 6.07) is 4.91. The van der Waals surface area contributed by atoms with Crippen molar-refractivity contribution in [3.63, 3.8) is 0 Å². The second kappa shape index (κ2) is 3.67. The van der Waals surface area contributed by atoms with Crippen LogP contribution in [0.5, 0.6) is 5.75 Å². The zero-order valence-electron chi connectivity index (χ0n) is 9.92. The molecule has 0 fully saturated rings. The molecule has 0 spiro atoms. The van der Waals surface area contributed by atoms with Gasteiger partial charge in [-0.1, -0.05) is 0 Å². The minimum absolute atomic E-state index is 0.407. The van der Waals surface area contributed by atoms with Crippen molar-refractivity contribution >= 4 is 5.69 Å². The maximum atomic E-state index is 5.77. The van der Waals surface area contributed by atoms with Crippen molar-refractivity contribution in [2.45, 2.75) is 18.9 Å². The lowest BCUT2D eigenvalue weighted by Crippen LogP contribution is -2.21. The molecule has 1 unspecified atom stereocenters. The third-order valence-electron chi connectivity index (χ3n) is 3.55. The van der Waals surface area contributed by atoms with Crippen LogP contribution in [0.15, 0.2) is 12.1 Å². The van der Waals surface area contributed by atoms with E-state index in [1.54, 1.807) is 0 Å². The first-order valence-electron chi connectivity index (χ1n) is 5.95. The quantitative estimate of drug-likeness (QED) is 0.780. The van der Waals surface area contributed by atoms with E-state index in [-0.39, 0.29) is 0 Å². The van der Waals surface area contributed by atoms with Crippen molar-refractivity contribution < 1.29 is 4.74 Å². The van der Waals surface area contributed by atoms with Crippen LogP contribution in [0.25, 0.3) is 0 Å². The molecule has 3 nitrogen and oxygen atoms in total. The molecule has 0 saturated heterocycles. The number of fused-ring (bicyclic) bond motifs is 2. The number of nitrogens with zero attached hydrogens (tertiary/aromatic N) is 1. The zero-order chi connectivity index (χ0) is 11.1. The Morgan fingerprint density at radius 1 is 1.38 bits per heavy atom. The molecule has 3 heteroatoms. The van der Waals surface area contributed by atoms with Crippen LogP contribution in [0, 0.1) is 0 Å². The molecular weight excluding hydrogens is 200 g/mol. The molecule has 0 aromatic heterocycles. The summed E-state index contributed by atoms with van der Waals surface area (Å²) in [6.07, 6.45) is 2.40. The molecule has 2 aliphatic rings. The summed E-state index contributed by atoms with van der Waals surface area (Å²) < 4.78 is 5.77. The van der Waals surface area contributed by atoms with Crippen LogP contribution in [-0.2, 0) is 6.42 Å². The molecule has 1 atom stereocenters. The highest BCUT2D eigenvalue weighted by Gasteiger charge is 2.27. The Hall–Kier alpha value is -1.22. The fraction of sp³-hybridized carbons (Fsp3) is 0.538. The summed E-state index contributed by atoms with van der Waals surface area (Å²) in [6.45, 7) is 1.88. The van der Waals surface area contributed by atoms with Gasteiger partial charge in [0.25, 0.3) is 0 Å². The highest BCUT2D eigenvalue weighted by atomic mass is 16.5. The molecular formula is C13H18N2O.